The van der Waals surface area contributed by atoms with Crippen molar-refractivity contribution < 1.29 is 223 Å². The van der Waals surface area contributed by atoms with Gasteiger partial charge in [-0.25, -0.2) is 0 Å². The predicted octanol–water partition coefficient (Wildman–Crippen LogP) is -8.41. The standard InChI is InChI=1S/6CN.Co.3Cs/c6*1-2;;;;/q6*-1;+3;3*+1. The zero-order chi connectivity index (χ0) is 12.0. The molecule has 0 amide bonds. The van der Waals surface area contributed by atoms with Crippen LogP contribution in [0.2, 0.25) is 0 Å². The first-order chi connectivity index (χ1) is 6.00. The number of hydrogen-bond acceptors (Lipinski definition) is 6. The molecule has 66 valence electrons. The fraction of sp³-hybridized carbons (Fsp3) is 0. The van der Waals surface area contributed by atoms with Gasteiger partial charge in [0.2, 0.25) is 0 Å². The normalized spacial score (nSPS) is 0.750. The van der Waals surface area contributed by atoms with E-state index >= 15 is 0 Å². The van der Waals surface area contributed by atoms with Gasteiger partial charge in [0, 0.05) is 0 Å². The van der Waals surface area contributed by atoms with Crippen molar-refractivity contribution in [3.63, 3.8) is 0 Å². The summed E-state index contributed by atoms with van der Waals surface area (Å²) in [7, 11) is 0. The Kier molecular flexibility index (Phi) is 2040. The molecule has 0 saturated heterocycles. The van der Waals surface area contributed by atoms with Gasteiger partial charge in [-0.2, -0.15) is 0 Å². The summed E-state index contributed by atoms with van der Waals surface area (Å²) in [5.74, 6) is 0. The minimum Gasteiger partial charge on any atom is -0.512 e. The third kappa shape index (κ3) is 374. The van der Waals surface area contributed by atoms with Gasteiger partial charge in [0.25, 0.3) is 0 Å². The fourth-order valence-corrected chi connectivity index (χ4v) is 0. The van der Waals surface area contributed by atoms with Crippen molar-refractivity contribution in [2.45, 2.75) is 0 Å². The summed E-state index contributed by atoms with van der Waals surface area (Å²) in [4.78, 5) is 0. The van der Waals surface area contributed by atoms with Crippen LogP contribution in [0.1, 0.15) is 0 Å². The van der Waals surface area contributed by atoms with Gasteiger partial charge in [-0.05, 0) is 0 Å². The average molecular weight is 614 g/mol. The predicted molar refractivity (Wildman–Crippen MR) is 29.8 cm³/mol. The molecule has 0 rings (SSSR count). The Balaban J connectivity index is -0.00000000321. The number of nitrogens with zero attached hydrogens (tertiary/aromatic N) is 6. The van der Waals surface area contributed by atoms with Crippen LogP contribution in [0.5, 0.6) is 0 Å². The van der Waals surface area contributed by atoms with E-state index in [1.165, 1.54) is 0 Å². The van der Waals surface area contributed by atoms with E-state index in [2.05, 4.69) is 0 Å². The molecule has 0 N–H and O–H groups in total. The summed E-state index contributed by atoms with van der Waals surface area (Å²) in [5.41, 5.74) is 0. The molecule has 0 unspecified atom stereocenters. The van der Waals surface area contributed by atoms with Gasteiger partial charge in [0.15, 0.2) is 0 Å². The Labute approximate surface area is 284 Å². The molecule has 0 aromatic carbocycles. The van der Waals surface area contributed by atoms with Crippen molar-refractivity contribution in [2.75, 3.05) is 0 Å². The number of rotatable bonds is 0. The molecule has 0 radical (unpaired) electrons. The summed E-state index contributed by atoms with van der Waals surface area (Å²) < 4.78 is 0. The Morgan fingerprint density at radius 2 is 0.312 bits per heavy atom. The SMILES string of the molecule is [C-]#N.[C-]#N.[C-]#N.[C-]#N.[C-]#N.[C-]#N.[Co+3].[Cs+].[Cs+].[Cs+]. The van der Waals surface area contributed by atoms with E-state index < -0.39 is 0 Å². The summed E-state index contributed by atoms with van der Waals surface area (Å²) in [6, 6.07) is 0. The quantitative estimate of drug-likeness (QED) is 0.249. The van der Waals surface area contributed by atoms with Gasteiger partial charge in [-0.1, -0.05) is 0 Å². The maximum atomic E-state index is 6.25. The summed E-state index contributed by atoms with van der Waals surface area (Å²) in [6.45, 7) is 28.5. The van der Waals surface area contributed by atoms with Crippen LogP contribution in [0.4, 0.5) is 0 Å². The van der Waals surface area contributed by atoms with Crippen molar-refractivity contribution in [3.05, 3.63) is 39.4 Å². The fourth-order valence-electron chi connectivity index (χ4n) is 0. The largest absolute Gasteiger partial charge is 3.00 e. The van der Waals surface area contributed by atoms with Gasteiger partial charge in [0.05, 0.1) is 0 Å². The van der Waals surface area contributed by atoms with Gasteiger partial charge in [-0.3, -0.25) is 0 Å². The van der Waals surface area contributed by atoms with Gasteiger partial charge in [0.1, 0.15) is 0 Å². The van der Waals surface area contributed by atoms with Crippen LogP contribution in [-0.2, 0) is 16.8 Å². The zero-order valence-electron chi connectivity index (χ0n) is 9.02. The number of hydrogen-bond donors (Lipinski definition) is 0. The molecule has 0 aromatic heterocycles. The Hall–Kier alpha value is 3.60. The molecule has 0 atom stereocenters. The van der Waals surface area contributed by atoms with Crippen molar-refractivity contribution in [1.29, 1.82) is 31.6 Å². The molecule has 0 aliphatic rings. The molecule has 0 bridgehead atoms. The second kappa shape index (κ2) is 444. The Morgan fingerprint density at radius 3 is 0.312 bits per heavy atom. The summed E-state index contributed by atoms with van der Waals surface area (Å²) in [6.07, 6.45) is 0. The van der Waals surface area contributed by atoms with E-state index in [0.717, 1.165) is 0 Å². The molecule has 0 aliphatic carbocycles. The second-order valence-corrected chi connectivity index (χ2v) is 0. The van der Waals surface area contributed by atoms with Crippen molar-refractivity contribution in [2.24, 2.45) is 0 Å². The molecular weight excluding hydrogens is 614 g/mol. The molecule has 6 nitrogen and oxygen atoms in total. The van der Waals surface area contributed by atoms with Crippen molar-refractivity contribution in [3.8, 4) is 0 Å². The maximum Gasteiger partial charge on any atom is 3.00 e. The first kappa shape index (κ1) is 73.6. The smallest absolute Gasteiger partial charge is 0.512 e. The van der Waals surface area contributed by atoms with Crippen LogP contribution in [0, 0.1) is 71.0 Å². The van der Waals surface area contributed by atoms with Crippen LogP contribution in [0.3, 0.4) is 0 Å². The van der Waals surface area contributed by atoms with Crippen LogP contribution in [0.25, 0.3) is 0 Å². The van der Waals surface area contributed by atoms with Gasteiger partial charge >= 0.3 is 223 Å². The molecule has 0 aromatic rings. The molecule has 0 aliphatic heterocycles. The summed E-state index contributed by atoms with van der Waals surface area (Å²) >= 11 is 0. The van der Waals surface area contributed by atoms with E-state index in [9.17, 15) is 0 Å². The monoisotopic (exact) mass is 614 g/mol. The van der Waals surface area contributed by atoms with Crippen LogP contribution in [0.15, 0.2) is 0 Å². The van der Waals surface area contributed by atoms with E-state index in [0.29, 0.717) is 0 Å². The average Bonchev–Trinajstić information content (AvgIpc) is 2.33. The molecule has 10 heteroatoms. The third-order valence-electron chi connectivity index (χ3n) is 0. The van der Waals surface area contributed by atoms with Crippen molar-refractivity contribution >= 4 is 0 Å². The summed E-state index contributed by atoms with van der Waals surface area (Å²) in [5, 5.41) is 37.5. The van der Waals surface area contributed by atoms with Crippen molar-refractivity contribution in [1.82, 2.24) is 0 Å². The van der Waals surface area contributed by atoms with E-state index in [1.807, 2.05) is 0 Å². The topological polar surface area (TPSA) is 143 Å². The van der Waals surface area contributed by atoms with Crippen LogP contribution in [-0.4, -0.2) is 0 Å². The Bertz CT molecular complexity index is 103. The van der Waals surface area contributed by atoms with E-state index in [1.54, 1.807) is 0 Å². The molecule has 0 spiro atoms. The van der Waals surface area contributed by atoms with Crippen LogP contribution >= 0.6 is 0 Å². The molecule has 0 saturated carbocycles. The first-order valence-corrected chi connectivity index (χ1v) is 1.34. The third-order valence-corrected chi connectivity index (χ3v) is 0. The maximum absolute atomic E-state index is 6.25. The molecule has 0 fully saturated rings. The first-order valence-electron chi connectivity index (χ1n) is 1.34. The minimum absolute atomic E-state index is 0. The minimum atomic E-state index is 0. The van der Waals surface area contributed by atoms with Gasteiger partial charge < -0.3 is 71.0 Å². The molecule has 16 heavy (non-hydrogen) atoms. The van der Waals surface area contributed by atoms with Crippen LogP contribution < -0.4 is 207 Å². The van der Waals surface area contributed by atoms with E-state index in [4.69, 9.17) is 71.0 Å². The molecular formula is C6CoCs3N6. The Morgan fingerprint density at radius 1 is 0.312 bits per heavy atom. The van der Waals surface area contributed by atoms with Gasteiger partial charge in [-0.15, -0.1) is 0 Å². The molecule has 0 heterocycles. The second-order valence-electron chi connectivity index (χ2n) is 0. The van der Waals surface area contributed by atoms with E-state index in [-0.39, 0.29) is 223 Å². The zero-order valence-corrected chi connectivity index (χ0v) is 28.9.